The van der Waals surface area contributed by atoms with Gasteiger partial charge in [-0.05, 0) is 107 Å². The van der Waals surface area contributed by atoms with Crippen molar-refractivity contribution in [1.29, 1.82) is 0 Å². The van der Waals surface area contributed by atoms with Crippen molar-refractivity contribution in [1.82, 2.24) is 4.57 Å². The number of fused-ring (bicyclic) bond motifs is 7. The summed E-state index contributed by atoms with van der Waals surface area (Å²) in [5.74, 6) is 0. The predicted octanol–water partition coefficient (Wildman–Crippen LogP) is 13.1. The predicted molar refractivity (Wildman–Crippen MR) is 210 cm³/mol. The maximum atomic E-state index is 2.51. The van der Waals surface area contributed by atoms with Gasteiger partial charge in [-0.2, -0.15) is 0 Å². The van der Waals surface area contributed by atoms with Crippen LogP contribution in [0.2, 0.25) is 0 Å². The molecule has 7 aromatic carbocycles. The van der Waals surface area contributed by atoms with E-state index in [9.17, 15) is 0 Å². The molecule has 0 fully saturated rings. The molecule has 0 saturated heterocycles. The molecule has 8 aromatic rings. The minimum absolute atomic E-state index is 0.0955. The van der Waals surface area contributed by atoms with Crippen molar-refractivity contribution in [2.45, 2.75) is 45.6 Å². The molecule has 0 radical (unpaired) electrons. The second-order valence-corrected chi connectivity index (χ2v) is 15.0. The first-order valence-corrected chi connectivity index (χ1v) is 17.4. The summed E-state index contributed by atoms with van der Waals surface area (Å²) in [6.07, 6.45) is 0. The SMILES string of the molecule is CC1(C)c2ccccc2-c2ccc(N(c3ccc4cccc(-c5ccccc5)c4c3)c3ccc4c5ccccc5n(C(C)(C)C)c4c3)cc21. The Morgan fingerprint density at radius 2 is 1.10 bits per heavy atom. The average molecular weight is 633 g/mol. The highest BCUT2D eigenvalue weighted by Crippen LogP contribution is 2.51. The summed E-state index contributed by atoms with van der Waals surface area (Å²) >= 11 is 0. The van der Waals surface area contributed by atoms with E-state index in [-0.39, 0.29) is 11.0 Å². The first-order valence-electron chi connectivity index (χ1n) is 17.4. The average Bonchev–Trinajstić information content (AvgIpc) is 3.57. The number of hydrogen-bond donors (Lipinski definition) is 0. The fourth-order valence-electron chi connectivity index (χ4n) is 8.37. The van der Waals surface area contributed by atoms with Crippen LogP contribution in [0.15, 0.2) is 152 Å². The van der Waals surface area contributed by atoms with Crippen molar-refractivity contribution in [3.63, 3.8) is 0 Å². The Balaban J connectivity index is 1.31. The molecule has 2 heteroatoms. The van der Waals surface area contributed by atoms with E-state index in [1.807, 2.05) is 0 Å². The quantitative estimate of drug-likeness (QED) is 0.187. The van der Waals surface area contributed by atoms with E-state index < -0.39 is 0 Å². The van der Waals surface area contributed by atoms with Gasteiger partial charge in [0.05, 0.1) is 5.52 Å². The first-order chi connectivity index (χ1) is 23.7. The third-order valence-electron chi connectivity index (χ3n) is 10.6. The van der Waals surface area contributed by atoms with E-state index in [0.717, 1.165) is 17.1 Å². The van der Waals surface area contributed by atoms with Crippen LogP contribution < -0.4 is 4.90 Å². The normalized spacial score (nSPS) is 13.6. The molecule has 1 aliphatic carbocycles. The number of anilines is 3. The summed E-state index contributed by atoms with van der Waals surface area (Å²) in [6, 6.07) is 56.2. The van der Waals surface area contributed by atoms with Crippen LogP contribution in [0.1, 0.15) is 45.7 Å². The number of rotatable bonds is 4. The van der Waals surface area contributed by atoms with Crippen LogP contribution in [0.4, 0.5) is 17.1 Å². The van der Waals surface area contributed by atoms with Gasteiger partial charge in [0.15, 0.2) is 0 Å². The van der Waals surface area contributed by atoms with E-state index in [2.05, 4.69) is 196 Å². The highest BCUT2D eigenvalue weighted by atomic mass is 15.1. The van der Waals surface area contributed by atoms with Crippen molar-refractivity contribution < 1.29 is 0 Å². The van der Waals surface area contributed by atoms with Gasteiger partial charge in [0.25, 0.3) is 0 Å². The summed E-state index contributed by atoms with van der Waals surface area (Å²) in [4.78, 5) is 2.46. The van der Waals surface area contributed by atoms with Crippen LogP contribution in [0.25, 0.3) is 54.8 Å². The van der Waals surface area contributed by atoms with Gasteiger partial charge in [-0.3, -0.25) is 0 Å². The van der Waals surface area contributed by atoms with Crippen LogP contribution in [0, 0.1) is 0 Å². The molecular formula is C47H40N2. The Morgan fingerprint density at radius 3 is 1.94 bits per heavy atom. The maximum Gasteiger partial charge on any atom is 0.0517 e. The minimum Gasteiger partial charge on any atom is -0.335 e. The molecule has 0 aliphatic heterocycles. The maximum absolute atomic E-state index is 2.51. The number of hydrogen-bond acceptors (Lipinski definition) is 1. The zero-order valence-electron chi connectivity index (χ0n) is 28.8. The molecular weight excluding hydrogens is 593 g/mol. The summed E-state index contributed by atoms with van der Waals surface area (Å²) in [6.45, 7) is 11.6. The molecule has 0 bridgehead atoms. The largest absolute Gasteiger partial charge is 0.335 e. The molecule has 238 valence electrons. The van der Waals surface area contributed by atoms with Crippen LogP contribution in [0.5, 0.6) is 0 Å². The highest BCUT2D eigenvalue weighted by molar-refractivity contribution is 6.09. The van der Waals surface area contributed by atoms with Crippen molar-refractivity contribution in [3.05, 3.63) is 163 Å². The first kappa shape index (κ1) is 29.5. The van der Waals surface area contributed by atoms with Crippen LogP contribution in [-0.4, -0.2) is 4.57 Å². The minimum atomic E-state index is -0.0971. The zero-order chi connectivity index (χ0) is 33.5. The van der Waals surface area contributed by atoms with E-state index in [1.54, 1.807) is 0 Å². The monoisotopic (exact) mass is 632 g/mol. The van der Waals surface area contributed by atoms with Gasteiger partial charge in [-0.25, -0.2) is 0 Å². The Labute approximate surface area is 288 Å². The summed E-state index contributed by atoms with van der Waals surface area (Å²) in [5, 5.41) is 5.05. The third-order valence-corrected chi connectivity index (χ3v) is 10.6. The highest BCUT2D eigenvalue weighted by Gasteiger charge is 2.36. The molecule has 1 aliphatic rings. The van der Waals surface area contributed by atoms with Gasteiger partial charge < -0.3 is 9.47 Å². The van der Waals surface area contributed by atoms with Gasteiger partial charge in [0.2, 0.25) is 0 Å². The lowest BCUT2D eigenvalue weighted by atomic mass is 9.82. The van der Waals surface area contributed by atoms with Gasteiger partial charge in [0, 0.05) is 44.3 Å². The Hall–Kier alpha value is -5.60. The smallest absolute Gasteiger partial charge is 0.0517 e. The second kappa shape index (κ2) is 10.7. The molecule has 0 amide bonds. The zero-order valence-corrected chi connectivity index (χ0v) is 28.8. The molecule has 0 saturated carbocycles. The Kier molecular flexibility index (Phi) is 6.45. The molecule has 0 spiro atoms. The van der Waals surface area contributed by atoms with E-state index >= 15 is 0 Å². The third kappa shape index (κ3) is 4.54. The van der Waals surface area contributed by atoms with Crippen molar-refractivity contribution in [3.8, 4) is 22.3 Å². The van der Waals surface area contributed by atoms with Gasteiger partial charge in [0.1, 0.15) is 0 Å². The Morgan fingerprint density at radius 1 is 0.469 bits per heavy atom. The lowest BCUT2D eigenvalue weighted by Gasteiger charge is -2.29. The second-order valence-electron chi connectivity index (χ2n) is 15.0. The molecule has 0 atom stereocenters. The number of aromatic nitrogens is 1. The molecule has 1 heterocycles. The van der Waals surface area contributed by atoms with Gasteiger partial charge in [-0.15, -0.1) is 0 Å². The van der Waals surface area contributed by atoms with Gasteiger partial charge in [-0.1, -0.05) is 123 Å². The number of para-hydroxylation sites is 1. The van der Waals surface area contributed by atoms with Crippen molar-refractivity contribution >= 4 is 49.6 Å². The van der Waals surface area contributed by atoms with Crippen molar-refractivity contribution in [2.75, 3.05) is 4.90 Å². The Bertz CT molecular complexity index is 2560. The fourth-order valence-corrected chi connectivity index (χ4v) is 8.37. The summed E-state index contributed by atoms with van der Waals surface area (Å²) < 4.78 is 2.51. The molecule has 0 unspecified atom stereocenters. The molecule has 9 rings (SSSR count). The van der Waals surface area contributed by atoms with Crippen LogP contribution in [0.3, 0.4) is 0 Å². The lowest BCUT2D eigenvalue weighted by Crippen LogP contribution is -2.21. The molecule has 1 aromatic heterocycles. The standard InChI is InChI=1S/C47H40N2/c1-46(2,3)49-44-21-12-10-18-39(44)40-27-25-35(30-45(40)49)48(34-24-26-38-37-17-9-11-20-42(37)47(4,5)43(38)29-34)33-23-22-32-16-13-19-36(41(32)28-33)31-14-7-6-8-15-31/h6-30H,1-5H3. The molecule has 49 heavy (non-hydrogen) atoms. The summed E-state index contributed by atoms with van der Waals surface area (Å²) in [7, 11) is 0. The number of nitrogens with zero attached hydrogens (tertiary/aromatic N) is 2. The van der Waals surface area contributed by atoms with E-state index in [1.165, 1.54) is 66.0 Å². The molecule has 2 nitrogen and oxygen atoms in total. The van der Waals surface area contributed by atoms with Crippen LogP contribution >= 0.6 is 0 Å². The molecule has 0 N–H and O–H groups in total. The van der Waals surface area contributed by atoms with E-state index in [4.69, 9.17) is 0 Å². The van der Waals surface area contributed by atoms with Gasteiger partial charge >= 0.3 is 0 Å². The van der Waals surface area contributed by atoms with Crippen molar-refractivity contribution in [2.24, 2.45) is 0 Å². The topological polar surface area (TPSA) is 8.17 Å². The van der Waals surface area contributed by atoms with E-state index in [0.29, 0.717) is 0 Å². The number of benzene rings is 7. The lowest BCUT2D eigenvalue weighted by molar-refractivity contribution is 0.423. The van der Waals surface area contributed by atoms with Crippen LogP contribution in [-0.2, 0) is 11.0 Å². The summed E-state index contributed by atoms with van der Waals surface area (Å²) in [5.41, 5.74) is 13.7. The fraction of sp³-hybridized carbons (Fsp3) is 0.149.